The summed E-state index contributed by atoms with van der Waals surface area (Å²) in [7, 11) is 6.73. The molecule has 0 amide bonds. The second kappa shape index (κ2) is 6.73. The van der Waals surface area contributed by atoms with Gasteiger partial charge in [0.1, 0.15) is 0 Å². The normalized spacial score (nSPS) is 8.42. The molecule has 0 atom stereocenters. The van der Waals surface area contributed by atoms with E-state index in [-0.39, 0.29) is 0 Å². The van der Waals surface area contributed by atoms with Crippen LogP contribution in [0.25, 0.3) is 0 Å². The van der Waals surface area contributed by atoms with Gasteiger partial charge in [0.2, 0.25) is 0 Å². The number of benzene rings is 1. The maximum atomic E-state index is 4.01. The lowest BCUT2D eigenvalue weighted by molar-refractivity contribution is 1.72. The molecule has 0 aliphatic carbocycles. The first kappa shape index (κ1) is 10.3. The third kappa shape index (κ3) is 5.00. The summed E-state index contributed by atoms with van der Waals surface area (Å²) >= 11 is 4.01. The Hall–Kier alpha value is 0.250. The largest absolute Gasteiger partial charge is 0.176 e. The van der Waals surface area contributed by atoms with Gasteiger partial charge in [0.25, 0.3) is 0 Å². The van der Waals surface area contributed by atoms with Crippen molar-refractivity contribution in [2.45, 2.75) is 0 Å². The van der Waals surface area contributed by atoms with Crippen LogP contribution >= 0.6 is 52.6 Å². The zero-order valence-electron chi connectivity index (χ0n) is 5.99. The van der Waals surface area contributed by atoms with Crippen molar-refractivity contribution in [2.75, 3.05) is 0 Å². The van der Waals surface area contributed by atoms with Gasteiger partial charge in [-0.2, -0.15) is 2.75 Å². The fourth-order valence-electron chi connectivity index (χ4n) is 0.474. The predicted molar refractivity (Wildman–Crippen MR) is 64.4 cm³/mol. The Kier molecular flexibility index (Phi) is 5.80. The summed E-state index contributed by atoms with van der Waals surface area (Å²) in [5.74, 6) is 0. The van der Waals surface area contributed by atoms with Crippen molar-refractivity contribution < 1.29 is 0 Å². The topological polar surface area (TPSA) is 4.93 Å². The Balaban J connectivity index is 0.000000120. The van der Waals surface area contributed by atoms with E-state index in [1.165, 1.54) is 0 Å². The smallest absolute Gasteiger partial charge is 0.0332 e. The van der Waals surface area contributed by atoms with Crippen LogP contribution in [-0.2, 0) is 0 Å². The molecule has 2 rings (SSSR count). The number of hydrogen-bond donors (Lipinski definition) is 1. The van der Waals surface area contributed by atoms with Crippen LogP contribution in [0.15, 0.2) is 36.4 Å². The molecular formula is C6H7NS5. The Morgan fingerprint density at radius 1 is 0.750 bits per heavy atom. The van der Waals surface area contributed by atoms with Crippen LogP contribution in [0, 0.1) is 0 Å². The quantitative estimate of drug-likeness (QED) is 0.529. The third-order valence-electron chi connectivity index (χ3n) is 0.883. The van der Waals surface area contributed by atoms with E-state index in [0.29, 0.717) is 0 Å². The molecule has 66 valence electrons. The maximum absolute atomic E-state index is 4.01. The average Bonchev–Trinajstić information content (AvgIpc) is 2.60. The fourth-order valence-corrected chi connectivity index (χ4v) is 7.62. The molecule has 2 aromatic rings. The SMILES string of the molecule is Sn1ssss1.c1ccccc1. The van der Waals surface area contributed by atoms with E-state index in [9.17, 15) is 0 Å². The second-order valence-corrected chi connectivity index (χ2v) is 8.31. The van der Waals surface area contributed by atoms with Gasteiger partial charge in [0, 0.05) is 39.8 Å². The van der Waals surface area contributed by atoms with E-state index in [2.05, 4.69) is 12.8 Å². The first-order valence-electron chi connectivity index (χ1n) is 3.07. The molecule has 0 spiro atoms. The number of thiol groups is 1. The molecule has 0 fully saturated rings. The minimum atomic E-state index is 1.64. The van der Waals surface area contributed by atoms with Gasteiger partial charge in [0.15, 0.2) is 0 Å². The molecule has 0 N–H and O–H groups in total. The number of rotatable bonds is 0. The molecule has 0 saturated heterocycles. The highest BCUT2D eigenvalue weighted by atomic mass is 33.4. The fraction of sp³-hybridized carbons (Fsp3) is 0. The van der Waals surface area contributed by atoms with Crippen molar-refractivity contribution in [2.24, 2.45) is 0 Å². The molecule has 1 aromatic heterocycles. The second-order valence-electron chi connectivity index (χ2n) is 1.68. The first-order chi connectivity index (χ1) is 5.89. The van der Waals surface area contributed by atoms with Crippen LogP contribution in [0.1, 0.15) is 0 Å². The molecule has 1 nitrogen and oxygen atoms in total. The van der Waals surface area contributed by atoms with E-state index in [4.69, 9.17) is 0 Å². The Morgan fingerprint density at radius 2 is 1.08 bits per heavy atom. The van der Waals surface area contributed by atoms with E-state index in [1.807, 2.05) is 39.1 Å². The number of nitrogens with zero attached hydrogens (tertiary/aromatic N) is 1. The molecule has 0 aliphatic heterocycles. The minimum absolute atomic E-state index is 1.64. The molecule has 1 heterocycles. The standard InChI is InChI=1S/C6H6.HNS5/c1-2-4-6-5-3-1;2-1-3-5-6-4-1/h1-6H;2H. The molecule has 6 heteroatoms. The number of hydrogen-bond acceptors (Lipinski definition) is 5. The van der Waals surface area contributed by atoms with Gasteiger partial charge in [-0.25, -0.2) is 0 Å². The van der Waals surface area contributed by atoms with Crippen LogP contribution < -0.4 is 0 Å². The van der Waals surface area contributed by atoms with Gasteiger partial charge in [-0.05, 0) is 12.8 Å². The van der Waals surface area contributed by atoms with Gasteiger partial charge in [-0.1, -0.05) is 36.4 Å². The van der Waals surface area contributed by atoms with Crippen LogP contribution in [0.5, 0.6) is 0 Å². The molecule has 0 aliphatic rings. The summed E-state index contributed by atoms with van der Waals surface area (Å²) in [6.07, 6.45) is 0. The van der Waals surface area contributed by atoms with Crippen molar-refractivity contribution in [1.82, 2.24) is 2.75 Å². The minimum Gasteiger partial charge on any atom is -0.176 e. The van der Waals surface area contributed by atoms with Gasteiger partial charge in [-0.15, -0.1) is 0 Å². The lowest BCUT2D eigenvalue weighted by atomic mass is 10.4. The number of aromatic nitrogens is 1. The lowest BCUT2D eigenvalue weighted by Gasteiger charge is -1.69. The van der Waals surface area contributed by atoms with Crippen molar-refractivity contribution in [3.05, 3.63) is 36.4 Å². The zero-order chi connectivity index (χ0) is 8.65. The maximum Gasteiger partial charge on any atom is 0.0332 e. The molecule has 0 saturated carbocycles. The van der Waals surface area contributed by atoms with Crippen LogP contribution in [0.2, 0.25) is 0 Å². The molecule has 0 bridgehead atoms. The predicted octanol–water partition coefficient (Wildman–Crippen LogP) is 4.24. The summed E-state index contributed by atoms with van der Waals surface area (Å²) in [5.41, 5.74) is 0. The van der Waals surface area contributed by atoms with Gasteiger partial charge >= 0.3 is 0 Å². The van der Waals surface area contributed by atoms with Gasteiger partial charge < -0.3 is 0 Å². The summed E-state index contributed by atoms with van der Waals surface area (Å²) in [5, 5.41) is 0. The van der Waals surface area contributed by atoms with Crippen LogP contribution in [-0.4, -0.2) is 2.75 Å². The van der Waals surface area contributed by atoms with Crippen molar-refractivity contribution in [3.8, 4) is 0 Å². The Bertz CT molecular complexity index is 255. The van der Waals surface area contributed by atoms with Crippen LogP contribution in [0.3, 0.4) is 0 Å². The average molecular weight is 253 g/mol. The monoisotopic (exact) mass is 253 g/mol. The van der Waals surface area contributed by atoms with Crippen LogP contribution in [0.4, 0.5) is 0 Å². The van der Waals surface area contributed by atoms with E-state index in [1.54, 1.807) is 39.8 Å². The highest BCUT2D eigenvalue weighted by Crippen LogP contribution is 2.21. The molecule has 12 heavy (non-hydrogen) atoms. The van der Waals surface area contributed by atoms with E-state index >= 15 is 0 Å². The van der Waals surface area contributed by atoms with Crippen molar-refractivity contribution >= 4 is 52.6 Å². The lowest BCUT2D eigenvalue weighted by Crippen LogP contribution is -1.49. The zero-order valence-corrected chi connectivity index (χ0v) is 10.2. The first-order valence-corrected chi connectivity index (χ1v) is 8.20. The van der Waals surface area contributed by atoms with Crippen molar-refractivity contribution in [3.63, 3.8) is 0 Å². The summed E-state index contributed by atoms with van der Waals surface area (Å²) in [4.78, 5) is 0. The van der Waals surface area contributed by atoms with E-state index < -0.39 is 0 Å². The van der Waals surface area contributed by atoms with Gasteiger partial charge in [0.05, 0.1) is 0 Å². The third-order valence-corrected chi connectivity index (χ3v) is 8.00. The summed E-state index contributed by atoms with van der Waals surface area (Å²) in [6, 6.07) is 12.0. The Morgan fingerprint density at radius 3 is 1.25 bits per heavy atom. The highest BCUT2D eigenvalue weighted by molar-refractivity contribution is 8.12. The van der Waals surface area contributed by atoms with Gasteiger partial charge in [-0.3, -0.25) is 0 Å². The van der Waals surface area contributed by atoms with E-state index in [0.717, 1.165) is 0 Å². The highest BCUT2D eigenvalue weighted by Gasteiger charge is 1.75. The van der Waals surface area contributed by atoms with Crippen molar-refractivity contribution in [1.29, 1.82) is 0 Å². The molecule has 0 unspecified atom stereocenters. The molecule has 1 aromatic carbocycles. The summed E-state index contributed by atoms with van der Waals surface area (Å²) < 4.78 is 1.81. The Labute approximate surface area is 91.2 Å². The molecular weight excluding hydrogens is 246 g/mol. The summed E-state index contributed by atoms with van der Waals surface area (Å²) in [6.45, 7) is 0. The molecule has 0 radical (unpaired) electrons.